The number of carbonyl (C=O) groups excluding carboxylic acids is 1. The average Bonchev–Trinajstić information content (AvgIpc) is 2.24. The van der Waals surface area contributed by atoms with E-state index in [1.54, 1.807) is 0 Å². The minimum Gasteiger partial charge on any atom is -0.466 e. The molecular formula is C14H24O2. The first-order valence-corrected chi connectivity index (χ1v) is 5.97. The zero-order valence-electron chi connectivity index (χ0n) is 10.8. The lowest BCUT2D eigenvalue weighted by molar-refractivity contribution is -0.141. The highest BCUT2D eigenvalue weighted by molar-refractivity contribution is 5.65. The zero-order chi connectivity index (χ0) is 12.4. The predicted octanol–water partition coefficient (Wildman–Crippen LogP) is 3.88. The molecule has 0 aliphatic heterocycles. The third-order valence-electron chi connectivity index (χ3n) is 2.54. The molecule has 0 heterocycles. The van der Waals surface area contributed by atoms with Gasteiger partial charge in [-0.1, -0.05) is 24.6 Å². The van der Waals surface area contributed by atoms with Gasteiger partial charge in [0.15, 0.2) is 0 Å². The molecule has 0 aromatic carbocycles. The maximum atomic E-state index is 10.5. The molecule has 0 spiro atoms. The van der Waals surface area contributed by atoms with Gasteiger partial charge in [-0.3, -0.25) is 4.79 Å². The number of hydrogen-bond acceptors (Lipinski definition) is 2. The van der Waals surface area contributed by atoms with E-state index in [9.17, 15) is 4.79 Å². The van der Waals surface area contributed by atoms with Crippen LogP contribution in [0.5, 0.6) is 0 Å². The Balaban J connectivity index is 3.55. The fraction of sp³-hybridized carbons (Fsp3) is 0.643. The van der Waals surface area contributed by atoms with Crippen LogP contribution in [-0.2, 0) is 9.53 Å². The van der Waals surface area contributed by atoms with Crippen LogP contribution < -0.4 is 0 Å². The smallest absolute Gasteiger partial charge is 0.302 e. The van der Waals surface area contributed by atoms with Gasteiger partial charge in [-0.05, 0) is 38.5 Å². The minimum atomic E-state index is -0.193. The van der Waals surface area contributed by atoms with E-state index in [1.807, 2.05) is 6.08 Å². The predicted molar refractivity (Wildman–Crippen MR) is 68.2 cm³/mol. The summed E-state index contributed by atoms with van der Waals surface area (Å²) >= 11 is 0. The van der Waals surface area contributed by atoms with Crippen molar-refractivity contribution >= 4 is 5.97 Å². The molecule has 92 valence electrons. The topological polar surface area (TPSA) is 26.3 Å². The molecule has 0 aliphatic carbocycles. The second kappa shape index (κ2) is 9.20. The van der Waals surface area contributed by atoms with Crippen LogP contribution in [0.4, 0.5) is 0 Å². The van der Waals surface area contributed by atoms with E-state index < -0.39 is 0 Å². The van der Waals surface area contributed by atoms with Crippen LogP contribution >= 0.6 is 0 Å². The molecule has 0 saturated heterocycles. The highest BCUT2D eigenvalue weighted by Gasteiger charge is 1.96. The molecule has 2 heteroatoms. The quantitative estimate of drug-likeness (QED) is 0.355. The van der Waals surface area contributed by atoms with E-state index in [-0.39, 0.29) is 5.97 Å². The van der Waals surface area contributed by atoms with Crippen LogP contribution in [0.25, 0.3) is 0 Å². The monoisotopic (exact) mass is 224 g/mol. The summed E-state index contributed by atoms with van der Waals surface area (Å²) in [6.45, 7) is 10.1. The van der Waals surface area contributed by atoms with Crippen molar-refractivity contribution in [2.75, 3.05) is 6.61 Å². The zero-order valence-corrected chi connectivity index (χ0v) is 10.8. The number of allylic oxidation sites excluding steroid dienone is 3. The molecule has 0 amide bonds. The first-order valence-electron chi connectivity index (χ1n) is 5.97. The summed E-state index contributed by atoms with van der Waals surface area (Å²) in [4.78, 5) is 10.5. The molecule has 0 N–H and O–H groups in total. The lowest BCUT2D eigenvalue weighted by atomic mass is 10.0. The summed E-state index contributed by atoms with van der Waals surface area (Å²) in [5, 5.41) is 0. The number of rotatable bonds is 8. The standard InChI is InChI=1S/C14H24O2/c1-5-12(2)8-6-9-13(3)10-7-11-16-14(4)15/h5,9,12H,1,6-8,10-11H2,2-4H3. The van der Waals surface area contributed by atoms with E-state index >= 15 is 0 Å². The fourth-order valence-corrected chi connectivity index (χ4v) is 1.38. The molecule has 0 aromatic rings. The Bertz CT molecular complexity index is 241. The van der Waals surface area contributed by atoms with Crippen molar-refractivity contribution in [2.45, 2.75) is 46.5 Å². The van der Waals surface area contributed by atoms with E-state index in [0.29, 0.717) is 12.5 Å². The van der Waals surface area contributed by atoms with Gasteiger partial charge >= 0.3 is 5.97 Å². The molecule has 0 radical (unpaired) electrons. The lowest BCUT2D eigenvalue weighted by Gasteiger charge is -2.04. The molecule has 0 aromatic heterocycles. The Morgan fingerprint density at radius 3 is 2.69 bits per heavy atom. The molecular weight excluding hydrogens is 200 g/mol. The van der Waals surface area contributed by atoms with Crippen LogP contribution in [0.3, 0.4) is 0 Å². The van der Waals surface area contributed by atoms with E-state index in [1.165, 1.54) is 12.5 Å². The van der Waals surface area contributed by atoms with Crippen LogP contribution in [0.1, 0.15) is 46.5 Å². The van der Waals surface area contributed by atoms with Crippen molar-refractivity contribution in [1.82, 2.24) is 0 Å². The first kappa shape index (κ1) is 14.9. The molecule has 1 atom stereocenters. The SMILES string of the molecule is C=CC(C)CCC=C(C)CCCOC(C)=O. The van der Waals surface area contributed by atoms with Gasteiger partial charge in [-0.25, -0.2) is 0 Å². The van der Waals surface area contributed by atoms with Gasteiger partial charge in [-0.15, -0.1) is 6.58 Å². The van der Waals surface area contributed by atoms with Crippen LogP contribution in [-0.4, -0.2) is 12.6 Å². The molecule has 0 fully saturated rings. The summed E-state index contributed by atoms with van der Waals surface area (Å²) < 4.78 is 4.87. The number of carbonyl (C=O) groups is 1. The molecule has 0 saturated carbocycles. The van der Waals surface area contributed by atoms with Gasteiger partial charge in [0.25, 0.3) is 0 Å². The summed E-state index contributed by atoms with van der Waals surface area (Å²) in [5.74, 6) is 0.395. The van der Waals surface area contributed by atoms with Crippen molar-refractivity contribution in [1.29, 1.82) is 0 Å². The largest absolute Gasteiger partial charge is 0.466 e. The second-order valence-electron chi connectivity index (χ2n) is 4.28. The van der Waals surface area contributed by atoms with Crippen molar-refractivity contribution in [3.8, 4) is 0 Å². The Morgan fingerprint density at radius 1 is 1.44 bits per heavy atom. The molecule has 0 rings (SSSR count). The summed E-state index contributed by atoms with van der Waals surface area (Å²) in [6.07, 6.45) is 8.45. The first-order chi connectivity index (χ1) is 7.56. The van der Waals surface area contributed by atoms with Gasteiger partial charge in [0.1, 0.15) is 0 Å². The average molecular weight is 224 g/mol. The number of ether oxygens (including phenoxy) is 1. The molecule has 0 bridgehead atoms. The summed E-state index contributed by atoms with van der Waals surface area (Å²) in [6, 6.07) is 0. The lowest BCUT2D eigenvalue weighted by Crippen LogP contribution is -2.00. The molecule has 16 heavy (non-hydrogen) atoms. The van der Waals surface area contributed by atoms with Crippen molar-refractivity contribution in [3.63, 3.8) is 0 Å². The molecule has 2 nitrogen and oxygen atoms in total. The van der Waals surface area contributed by atoms with Gasteiger partial charge < -0.3 is 4.74 Å². The minimum absolute atomic E-state index is 0.193. The van der Waals surface area contributed by atoms with Crippen molar-refractivity contribution in [3.05, 3.63) is 24.3 Å². The highest BCUT2D eigenvalue weighted by atomic mass is 16.5. The van der Waals surface area contributed by atoms with Gasteiger partial charge in [0.05, 0.1) is 6.61 Å². The number of hydrogen-bond donors (Lipinski definition) is 0. The summed E-state index contributed by atoms with van der Waals surface area (Å²) in [7, 11) is 0. The van der Waals surface area contributed by atoms with Crippen molar-refractivity contribution in [2.24, 2.45) is 5.92 Å². The van der Waals surface area contributed by atoms with Crippen LogP contribution in [0, 0.1) is 5.92 Å². The maximum Gasteiger partial charge on any atom is 0.302 e. The Labute approximate surface area is 99.4 Å². The Morgan fingerprint density at radius 2 is 2.12 bits per heavy atom. The maximum absolute atomic E-state index is 10.5. The van der Waals surface area contributed by atoms with E-state index in [4.69, 9.17) is 4.74 Å². The van der Waals surface area contributed by atoms with Gasteiger partial charge in [0, 0.05) is 6.92 Å². The van der Waals surface area contributed by atoms with E-state index in [0.717, 1.165) is 25.7 Å². The highest BCUT2D eigenvalue weighted by Crippen LogP contribution is 2.11. The van der Waals surface area contributed by atoms with Crippen LogP contribution in [0.2, 0.25) is 0 Å². The van der Waals surface area contributed by atoms with Crippen molar-refractivity contribution < 1.29 is 9.53 Å². The van der Waals surface area contributed by atoms with E-state index in [2.05, 4.69) is 26.5 Å². The molecule has 0 aliphatic rings. The number of esters is 1. The Hall–Kier alpha value is -1.05. The van der Waals surface area contributed by atoms with Gasteiger partial charge in [-0.2, -0.15) is 0 Å². The molecule has 1 unspecified atom stereocenters. The summed E-state index contributed by atoms with van der Waals surface area (Å²) in [5.41, 5.74) is 1.38. The second-order valence-corrected chi connectivity index (χ2v) is 4.28. The fourth-order valence-electron chi connectivity index (χ4n) is 1.38. The van der Waals surface area contributed by atoms with Crippen LogP contribution in [0.15, 0.2) is 24.3 Å². The third kappa shape index (κ3) is 9.50. The van der Waals surface area contributed by atoms with Gasteiger partial charge in [0.2, 0.25) is 0 Å². The third-order valence-corrected chi connectivity index (χ3v) is 2.54. The Kier molecular flexibility index (Phi) is 8.59. The normalized spacial score (nSPS) is 13.3.